The van der Waals surface area contributed by atoms with Crippen molar-refractivity contribution in [2.45, 2.75) is 20.0 Å². The zero-order valence-corrected chi connectivity index (χ0v) is 10.1. The molecule has 1 heterocycles. The standard InChI is InChI=1S/C11H12ClFN4/c1-2-17-10(6-14)15-16-11(17)7-3-4-9(13)8(12)5-7/h3-5H,2,6,14H2,1H3. The fraction of sp³-hybridized carbons (Fsp3) is 0.273. The van der Waals surface area contributed by atoms with Gasteiger partial charge in [-0.1, -0.05) is 11.6 Å². The molecule has 2 N–H and O–H groups in total. The number of hydrogen-bond acceptors (Lipinski definition) is 3. The van der Waals surface area contributed by atoms with Crippen LogP contribution in [0, 0.1) is 5.82 Å². The van der Waals surface area contributed by atoms with Gasteiger partial charge in [-0.15, -0.1) is 10.2 Å². The largest absolute Gasteiger partial charge is 0.324 e. The fourth-order valence-corrected chi connectivity index (χ4v) is 1.85. The van der Waals surface area contributed by atoms with Gasteiger partial charge >= 0.3 is 0 Å². The Labute approximate surface area is 103 Å². The molecule has 0 saturated carbocycles. The van der Waals surface area contributed by atoms with Crippen LogP contribution in [0.2, 0.25) is 5.02 Å². The molecule has 4 nitrogen and oxygen atoms in total. The summed E-state index contributed by atoms with van der Waals surface area (Å²) >= 11 is 5.74. The van der Waals surface area contributed by atoms with E-state index in [9.17, 15) is 4.39 Å². The minimum absolute atomic E-state index is 0.0717. The average Bonchev–Trinajstić information content (AvgIpc) is 2.75. The minimum atomic E-state index is -0.447. The second-order valence-corrected chi connectivity index (χ2v) is 3.92. The quantitative estimate of drug-likeness (QED) is 0.914. The van der Waals surface area contributed by atoms with Gasteiger partial charge in [-0.3, -0.25) is 0 Å². The monoisotopic (exact) mass is 254 g/mol. The number of hydrogen-bond donors (Lipinski definition) is 1. The first kappa shape index (κ1) is 12.0. The van der Waals surface area contributed by atoms with E-state index in [-0.39, 0.29) is 5.02 Å². The Morgan fingerprint density at radius 1 is 1.41 bits per heavy atom. The molecule has 1 aromatic carbocycles. The molecule has 90 valence electrons. The molecule has 0 unspecified atom stereocenters. The molecule has 0 saturated heterocycles. The summed E-state index contributed by atoms with van der Waals surface area (Å²) in [6.45, 7) is 2.98. The van der Waals surface area contributed by atoms with E-state index in [0.717, 1.165) is 5.56 Å². The van der Waals surface area contributed by atoms with E-state index >= 15 is 0 Å². The van der Waals surface area contributed by atoms with Gasteiger partial charge in [0, 0.05) is 12.1 Å². The highest BCUT2D eigenvalue weighted by Crippen LogP contribution is 2.24. The van der Waals surface area contributed by atoms with Crippen molar-refractivity contribution in [3.8, 4) is 11.4 Å². The van der Waals surface area contributed by atoms with Crippen LogP contribution in [0.4, 0.5) is 4.39 Å². The highest BCUT2D eigenvalue weighted by Gasteiger charge is 2.12. The van der Waals surface area contributed by atoms with Gasteiger partial charge in [-0.25, -0.2) is 4.39 Å². The van der Waals surface area contributed by atoms with Gasteiger partial charge in [-0.2, -0.15) is 0 Å². The van der Waals surface area contributed by atoms with Crippen molar-refractivity contribution < 1.29 is 4.39 Å². The smallest absolute Gasteiger partial charge is 0.164 e. The van der Waals surface area contributed by atoms with Crippen LogP contribution in [0.1, 0.15) is 12.7 Å². The molecule has 0 radical (unpaired) electrons. The first-order valence-corrected chi connectivity index (χ1v) is 5.62. The lowest BCUT2D eigenvalue weighted by Crippen LogP contribution is -2.08. The number of halogens is 2. The predicted octanol–water partition coefficient (Wildman–Crippen LogP) is 2.22. The van der Waals surface area contributed by atoms with E-state index in [2.05, 4.69) is 10.2 Å². The van der Waals surface area contributed by atoms with Crippen molar-refractivity contribution >= 4 is 11.6 Å². The third-order valence-corrected chi connectivity index (χ3v) is 2.79. The predicted molar refractivity (Wildman–Crippen MR) is 64.0 cm³/mol. The van der Waals surface area contributed by atoms with Crippen molar-refractivity contribution in [1.29, 1.82) is 0 Å². The van der Waals surface area contributed by atoms with Gasteiger partial charge in [-0.05, 0) is 25.1 Å². The first-order valence-electron chi connectivity index (χ1n) is 5.25. The lowest BCUT2D eigenvalue weighted by molar-refractivity contribution is 0.628. The maximum atomic E-state index is 13.1. The summed E-state index contributed by atoms with van der Waals surface area (Å²) in [5, 5.41) is 8.11. The summed E-state index contributed by atoms with van der Waals surface area (Å²) in [5.74, 6) is 0.898. The van der Waals surface area contributed by atoms with Gasteiger partial charge in [0.05, 0.1) is 11.6 Å². The van der Waals surface area contributed by atoms with Crippen LogP contribution in [0.3, 0.4) is 0 Å². The number of benzene rings is 1. The second kappa shape index (κ2) is 4.81. The van der Waals surface area contributed by atoms with Crippen LogP contribution in [0.5, 0.6) is 0 Å². The molecule has 0 amide bonds. The minimum Gasteiger partial charge on any atom is -0.324 e. The number of rotatable bonds is 3. The summed E-state index contributed by atoms with van der Waals surface area (Å²) in [5.41, 5.74) is 6.29. The van der Waals surface area contributed by atoms with Crippen molar-refractivity contribution in [2.75, 3.05) is 0 Å². The van der Waals surface area contributed by atoms with Gasteiger partial charge in [0.1, 0.15) is 11.6 Å². The highest BCUT2D eigenvalue weighted by atomic mass is 35.5. The molecule has 0 aliphatic rings. The maximum absolute atomic E-state index is 13.1. The molecule has 0 bridgehead atoms. The maximum Gasteiger partial charge on any atom is 0.164 e. The summed E-state index contributed by atoms with van der Waals surface area (Å²) < 4.78 is 15.0. The molecular formula is C11H12ClFN4. The van der Waals surface area contributed by atoms with Gasteiger partial charge in [0.15, 0.2) is 5.82 Å². The van der Waals surface area contributed by atoms with Gasteiger partial charge in [0.2, 0.25) is 0 Å². The van der Waals surface area contributed by atoms with Crippen LogP contribution < -0.4 is 5.73 Å². The van der Waals surface area contributed by atoms with Crippen LogP contribution in [0.15, 0.2) is 18.2 Å². The molecule has 0 spiro atoms. The Bertz CT molecular complexity index is 538. The lowest BCUT2D eigenvalue weighted by Gasteiger charge is -2.06. The molecule has 0 aliphatic heterocycles. The topological polar surface area (TPSA) is 56.7 Å². The molecule has 2 aromatic rings. The number of aromatic nitrogens is 3. The zero-order valence-electron chi connectivity index (χ0n) is 9.32. The zero-order chi connectivity index (χ0) is 12.4. The van der Waals surface area contributed by atoms with Gasteiger partial charge in [0.25, 0.3) is 0 Å². The SMILES string of the molecule is CCn1c(CN)nnc1-c1ccc(F)c(Cl)c1. The molecule has 6 heteroatoms. The Balaban J connectivity index is 2.52. The Morgan fingerprint density at radius 2 is 2.18 bits per heavy atom. The van der Waals surface area contributed by atoms with Crippen LogP contribution in [0.25, 0.3) is 11.4 Å². The van der Waals surface area contributed by atoms with E-state index in [4.69, 9.17) is 17.3 Å². The number of nitrogens with two attached hydrogens (primary N) is 1. The van der Waals surface area contributed by atoms with E-state index < -0.39 is 5.82 Å². The highest BCUT2D eigenvalue weighted by molar-refractivity contribution is 6.31. The second-order valence-electron chi connectivity index (χ2n) is 3.52. The molecular weight excluding hydrogens is 243 g/mol. The van der Waals surface area contributed by atoms with E-state index in [1.54, 1.807) is 6.07 Å². The average molecular weight is 255 g/mol. The molecule has 1 aromatic heterocycles. The van der Waals surface area contributed by atoms with Crippen LogP contribution in [-0.2, 0) is 13.1 Å². The summed E-state index contributed by atoms with van der Waals surface area (Å²) in [6, 6.07) is 4.47. The lowest BCUT2D eigenvalue weighted by atomic mass is 10.2. The van der Waals surface area contributed by atoms with Crippen molar-refractivity contribution in [2.24, 2.45) is 5.73 Å². The summed E-state index contributed by atoms with van der Waals surface area (Å²) in [6.07, 6.45) is 0. The van der Waals surface area contributed by atoms with Crippen LogP contribution >= 0.6 is 11.6 Å². The van der Waals surface area contributed by atoms with Crippen molar-refractivity contribution in [3.63, 3.8) is 0 Å². The molecule has 2 rings (SSSR count). The van der Waals surface area contributed by atoms with Gasteiger partial charge < -0.3 is 10.3 Å². The Kier molecular flexibility index (Phi) is 3.40. The number of nitrogens with zero attached hydrogens (tertiary/aromatic N) is 3. The van der Waals surface area contributed by atoms with Crippen molar-refractivity contribution in [1.82, 2.24) is 14.8 Å². The Morgan fingerprint density at radius 3 is 2.76 bits per heavy atom. The van der Waals surface area contributed by atoms with Crippen LogP contribution in [-0.4, -0.2) is 14.8 Å². The molecule has 0 aliphatic carbocycles. The van der Waals surface area contributed by atoms with E-state index in [0.29, 0.717) is 24.7 Å². The molecule has 0 fully saturated rings. The first-order chi connectivity index (χ1) is 8.17. The normalized spacial score (nSPS) is 10.8. The summed E-state index contributed by atoms with van der Waals surface area (Å²) in [7, 11) is 0. The van der Waals surface area contributed by atoms with Crippen molar-refractivity contribution in [3.05, 3.63) is 34.9 Å². The Hall–Kier alpha value is -1.46. The third-order valence-electron chi connectivity index (χ3n) is 2.50. The summed E-state index contributed by atoms with van der Waals surface area (Å²) in [4.78, 5) is 0. The third kappa shape index (κ3) is 2.16. The fourth-order valence-electron chi connectivity index (χ4n) is 1.67. The van der Waals surface area contributed by atoms with E-state index in [1.807, 2.05) is 11.5 Å². The molecule has 0 atom stereocenters. The van der Waals surface area contributed by atoms with E-state index in [1.165, 1.54) is 12.1 Å². The molecule has 17 heavy (non-hydrogen) atoms.